The molecule has 1 N–H and O–H groups in total. The standard InChI is InChI=1S/C26H28N4O2/c1-17(2)31-23-10-9-19(13-20(23)15-27)24-29-25(30-32-24)26(11-6-12-26)16-28-22-14-21(22)18-7-4-3-5-8-18/h3-5,7-10,13,17,21-22,28H,6,11-12,14,16H2,1-2H3/t21-,22?/m1/s1. The third kappa shape index (κ3) is 4.01. The Kier molecular flexibility index (Phi) is 5.44. The molecule has 2 aliphatic carbocycles. The minimum atomic E-state index is -0.0651. The van der Waals surface area contributed by atoms with Crippen molar-refractivity contribution in [2.75, 3.05) is 6.54 Å². The molecule has 2 fully saturated rings. The minimum Gasteiger partial charge on any atom is -0.490 e. The molecular weight excluding hydrogens is 400 g/mol. The van der Waals surface area contributed by atoms with Crippen LogP contribution in [0.15, 0.2) is 53.1 Å². The predicted molar refractivity (Wildman–Crippen MR) is 121 cm³/mol. The second-order valence-corrected chi connectivity index (χ2v) is 9.29. The van der Waals surface area contributed by atoms with Crippen LogP contribution < -0.4 is 10.1 Å². The van der Waals surface area contributed by atoms with E-state index in [0.717, 1.165) is 30.8 Å². The van der Waals surface area contributed by atoms with Crippen molar-refractivity contribution in [3.63, 3.8) is 0 Å². The SMILES string of the molecule is CC(C)Oc1ccc(-c2nc(C3(CNC4C[C@@H]4c4ccccc4)CCC3)no2)cc1C#N. The Hall–Kier alpha value is -3.17. The molecule has 6 heteroatoms. The van der Waals surface area contributed by atoms with Gasteiger partial charge in [-0.3, -0.25) is 0 Å². The van der Waals surface area contributed by atoms with E-state index in [1.54, 1.807) is 12.1 Å². The highest BCUT2D eigenvalue weighted by Crippen LogP contribution is 2.45. The van der Waals surface area contributed by atoms with Gasteiger partial charge < -0.3 is 14.6 Å². The molecule has 0 bridgehead atoms. The average molecular weight is 429 g/mol. The summed E-state index contributed by atoms with van der Waals surface area (Å²) in [5, 5.41) is 17.6. The van der Waals surface area contributed by atoms with E-state index >= 15 is 0 Å². The number of ether oxygens (including phenoxy) is 1. The Morgan fingerprint density at radius 2 is 2.03 bits per heavy atom. The Morgan fingerprint density at radius 1 is 1.22 bits per heavy atom. The number of nitriles is 1. The molecule has 0 spiro atoms. The first-order valence-electron chi connectivity index (χ1n) is 11.4. The lowest BCUT2D eigenvalue weighted by atomic mass is 9.68. The summed E-state index contributed by atoms with van der Waals surface area (Å²) in [5.74, 6) is 2.39. The van der Waals surface area contributed by atoms with E-state index in [-0.39, 0.29) is 11.5 Å². The monoisotopic (exact) mass is 428 g/mol. The zero-order valence-electron chi connectivity index (χ0n) is 18.5. The quantitative estimate of drug-likeness (QED) is 0.546. The number of aromatic nitrogens is 2. The molecule has 0 amide bonds. The van der Waals surface area contributed by atoms with E-state index in [1.165, 1.54) is 18.4 Å². The normalized spacial score (nSPS) is 21.1. The number of rotatable bonds is 8. The van der Waals surface area contributed by atoms with E-state index in [0.29, 0.717) is 29.2 Å². The summed E-state index contributed by atoms with van der Waals surface area (Å²) in [6.07, 6.45) is 4.48. The van der Waals surface area contributed by atoms with Crippen LogP contribution in [0.3, 0.4) is 0 Å². The average Bonchev–Trinajstić information content (AvgIpc) is 3.39. The molecule has 5 rings (SSSR count). The van der Waals surface area contributed by atoms with Crippen LogP contribution in [0.4, 0.5) is 0 Å². The molecule has 0 radical (unpaired) electrons. The van der Waals surface area contributed by atoms with Gasteiger partial charge in [-0.2, -0.15) is 10.2 Å². The summed E-state index contributed by atoms with van der Waals surface area (Å²) in [5.41, 5.74) is 2.55. The van der Waals surface area contributed by atoms with Gasteiger partial charge in [-0.1, -0.05) is 41.9 Å². The largest absolute Gasteiger partial charge is 0.490 e. The van der Waals surface area contributed by atoms with E-state index < -0.39 is 0 Å². The van der Waals surface area contributed by atoms with Crippen molar-refractivity contribution in [3.05, 3.63) is 65.5 Å². The smallest absolute Gasteiger partial charge is 0.257 e. The first kappa shape index (κ1) is 20.7. The molecule has 164 valence electrons. The molecule has 32 heavy (non-hydrogen) atoms. The first-order valence-corrected chi connectivity index (χ1v) is 11.4. The summed E-state index contributed by atoms with van der Waals surface area (Å²) in [6.45, 7) is 4.74. The number of benzene rings is 2. The second kappa shape index (κ2) is 8.40. The molecule has 2 saturated carbocycles. The maximum Gasteiger partial charge on any atom is 0.257 e. The van der Waals surface area contributed by atoms with Gasteiger partial charge in [0, 0.05) is 29.5 Å². The summed E-state index contributed by atoms with van der Waals surface area (Å²) in [7, 11) is 0. The lowest BCUT2D eigenvalue weighted by Crippen LogP contribution is -2.45. The van der Waals surface area contributed by atoms with E-state index in [2.05, 4.69) is 46.9 Å². The summed E-state index contributed by atoms with van der Waals surface area (Å²) in [4.78, 5) is 4.75. The highest BCUT2D eigenvalue weighted by atomic mass is 16.5. The molecule has 2 aliphatic rings. The van der Waals surface area contributed by atoms with Crippen molar-refractivity contribution in [1.29, 1.82) is 5.26 Å². The van der Waals surface area contributed by atoms with E-state index in [4.69, 9.17) is 14.2 Å². The summed E-state index contributed by atoms with van der Waals surface area (Å²) in [6, 6.07) is 18.9. The first-order chi connectivity index (χ1) is 15.6. The molecule has 1 heterocycles. The van der Waals surface area contributed by atoms with Crippen molar-refractivity contribution in [2.24, 2.45) is 0 Å². The van der Waals surface area contributed by atoms with E-state index in [1.807, 2.05) is 19.9 Å². The van der Waals surface area contributed by atoms with Crippen molar-refractivity contribution >= 4 is 0 Å². The van der Waals surface area contributed by atoms with Crippen LogP contribution >= 0.6 is 0 Å². The second-order valence-electron chi connectivity index (χ2n) is 9.29. The van der Waals surface area contributed by atoms with Gasteiger partial charge in [0.1, 0.15) is 11.8 Å². The Balaban J connectivity index is 1.29. The molecule has 0 aliphatic heterocycles. The molecule has 2 atom stereocenters. The number of nitrogens with zero attached hydrogens (tertiary/aromatic N) is 3. The van der Waals surface area contributed by atoms with Crippen molar-refractivity contribution in [2.45, 2.75) is 63.0 Å². The van der Waals surface area contributed by atoms with Gasteiger partial charge >= 0.3 is 0 Å². The lowest BCUT2D eigenvalue weighted by Gasteiger charge is -2.39. The molecule has 6 nitrogen and oxygen atoms in total. The predicted octanol–water partition coefficient (Wildman–Crippen LogP) is 4.96. The highest BCUT2D eigenvalue weighted by Gasteiger charge is 2.46. The van der Waals surface area contributed by atoms with Crippen LogP contribution in [0.1, 0.15) is 62.4 Å². The lowest BCUT2D eigenvalue weighted by molar-refractivity contribution is 0.211. The zero-order chi connectivity index (χ0) is 22.1. The molecule has 1 aromatic heterocycles. The third-order valence-electron chi connectivity index (χ3n) is 6.64. The summed E-state index contributed by atoms with van der Waals surface area (Å²) < 4.78 is 11.3. The fourth-order valence-corrected chi connectivity index (χ4v) is 4.56. The molecule has 0 saturated heterocycles. The van der Waals surface area contributed by atoms with Gasteiger partial charge in [0.25, 0.3) is 5.89 Å². The van der Waals surface area contributed by atoms with Gasteiger partial charge in [-0.15, -0.1) is 0 Å². The number of hydrogen-bond donors (Lipinski definition) is 1. The van der Waals surface area contributed by atoms with E-state index in [9.17, 15) is 5.26 Å². The highest BCUT2D eigenvalue weighted by molar-refractivity contribution is 5.60. The van der Waals surface area contributed by atoms with Crippen molar-refractivity contribution in [3.8, 4) is 23.3 Å². The summed E-state index contributed by atoms with van der Waals surface area (Å²) >= 11 is 0. The zero-order valence-corrected chi connectivity index (χ0v) is 18.5. The number of nitrogens with one attached hydrogen (secondary N) is 1. The Bertz CT molecular complexity index is 1130. The van der Waals surface area contributed by atoms with Gasteiger partial charge in [0.05, 0.1) is 11.7 Å². The fraction of sp³-hybridized carbons (Fsp3) is 0.423. The van der Waals surface area contributed by atoms with Crippen LogP contribution in [0.5, 0.6) is 5.75 Å². The molecular formula is C26H28N4O2. The maximum absolute atomic E-state index is 9.51. The Labute approximate surface area is 188 Å². The molecule has 3 aromatic rings. The minimum absolute atomic E-state index is 0.00175. The van der Waals surface area contributed by atoms with Crippen molar-refractivity contribution < 1.29 is 9.26 Å². The van der Waals surface area contributed by atoms with Crippen LogP contribution in [0, 0.1) is 11.3 Å². The van der Waals surface area contributed by atoms with Crippen LogP contribution in [-0.4, -0.2) is 28.8 Å². The van der Waals surface area contributed by atoms with Crippen LogP contribution in [0.2, 0.25) is 0 Å². The Morgan fingerprint density at radius 3 is 2.72 bits per heavy atom. The maximum atomic E-state index is 9.51. The molecule has 1 unspecified atom stereocenters. The van der Waals surface area contributed by atoms with Gasteiger partial charge in [-0.05, 0) is 56.9 Å². The van der Waals surface area contributed by atoms with Crippen molar-refractivity contribution in [1.82, 2.24) is 15.5 Å². The van der Waals surface area contributed by atoms with Gasteiger partial charge in [0.2, 0.25) is 0 Å². The fourth-order valence-electron chi connectivity index (χ4n) is 4.56. The third-order valence-corrected chi connectivity index (χ3v) is 6.64. The molecule has 2 aromatic carbocycles. The van der Waals surface area contributed by atoms with Gasteiger partial charge in [0.15, 0.2) is 5.82 Å². The van der Waals surface area contributed by atoms with Crippen LogP contribution in [-0.2, 0) is 5.41 Å². The van der Waals surface area contributed by atoms with Crippen LogP contribution in [0.25, 0.3) is 11.5 Å². The topological polar surface area (TPSA) is 84.0 Å². The number of hydrogen-bond acceptors (Lipinski definition) is 6. The van der Waals surface area contributed by atoms with Gasteiger partial charge in [-0.25, -0.2) is 0 Å².